The van der Waals surface area contributed by atoms with Gasteiger partial charge in [-0.3, -0.25) is 4.79 Å². The van der Waals surface area contributed by atoms with Crippen molar-refractivity contribution in [3.8, 4) is 6.07 Å². The van der Waals surface area contributed by atoms with Crippen molar-refractivity contribution in [3.63, 3.8) is 0 Å². The van der Waals surface area contributed by atoms with E-state index in [9.17, 15) is 4.79 Å². The molecule has 2 N–H and O–H groups in total. The summed E-state index contributed by atoms with van der Waals surface area (Å²) < 4.78 is 0. The van der Waals surface area contributed by atoms with Crippen molar-refractivity contribution in [2.45, 2.75) is 38.3 Å². The maximum atomic E-state index is 11.4. The van der Waals surface area contributed by atoms with Crippen LogP contribution in [0.25, 0.3) is 0 Å². The Hall–Kier alpha value is -1.08. The summed E-state index contributed by atoms with van der Waals surface area (Å²) in [7, 11) is 0. The number of carbonyl (C=O) groups excluding carboxylic acids is 1. The van der Waals surface area contributed by atoms with Gasteiger partial charge in [0, 0.05) is 6.04 Å². The van der Waals surface area contributed by atoms with Crippen LogP contribution in [-0.4, -0.2) is 24.5 Å². The molecule has 1 rings (SSSR count). The molecule has 0 spiro atoms. The van der Waals surface area contributed by atoms with Crippen LogP contribution in [0.5, 0.6) is 0 Å². The van der Waals surface area contributed by atoms with E-state index < -0.39 is 0 Å². The van der Waals surface area contributed by atoms with Crippen molar-refractivity contribution < 1.29 is 4.79 Å². The van der Waals surface area contributed by atoms with Gasteiger partial charge in [0.25, 0.3) is 0 Å². The number of nitriles is 1. The second kappa shape index (κ2) is 4.83. The Labute approximate surface area is 78.3 Å². The van der Waals surface area contributed by atoms with Gasteiger partial charge in [0.05, 0.1) is 18.5 Å². The SMILES string of the molecule is CC(CC#N)NC(=O)[C@H]1CCCN1. The molecule has 0 saturated carbocycles. The lowest BCUT2D eigenvalue weighted by atomic mass is 10.2. The molecule has 1 heterocycles. The lowest BCUT2D eigenvalue weighted by Gasteiger charge is -2.14. The summed E-state index contributed by atoms with van der Waals surface area (Å²) in [5.41, 5.74) is 0. The number of hydrogen-bond acceptors (Lipinski definition) is 3. The van der Waals surface area contributed by atoms with Crippen LogP contribution in [-0.2, 0) is 4.79 Å². The average Bonchev–Trinajstić information content (AvgIpc) is 2.55. The highest BCUT2D eigenvalue weighted by atomic mass is 16.2. The average molecular weight is 181 g/mol. The maximum Gasteiger partial charge on any atom is 0.237 e. The van der Waals surface area contributed by atoms with Gasteiger partial charge in [0.1, 0.15) is 0 Å². The molecule has 0 bridgehead atoms. The van der Waals surface area contributed by atoms with E-state index in [2.05, 4.69) is 10.6 Å². The first-order chi connectivity index (χ1) is 6.24. The zero-order chi connectivity index (χ0) is 9.68. The molecule has 0 aromatic rings. The van der Waals surface area contributed by atoms with Gasteiger partial charge in [-0.05, 0) is 26.3 Å². The van der Waals surface area contributed by atoms with Crippen LogP contribution < -0.4 is 10.6 Å². The van der Waals surface area contributed by atoms with E-state index >= 15 is 0 Å². The normalized spacial score (nSPS) is 23.5. The van der Waals surface area contributed by atoms with Crippen molar-refractivity contribution in [3.05, 3.63) is 0 Å². The lowest BCUT2D eigenvalue weighted by molar-refractivity contribution is -0.123. The van der Waals surface area contributed by atoms with Gasteiger partial charge in [-0.1, -0.05) is 0 Å². The molecule has 4 nitrogen and oxygen atoms in total. The molecule has 1 fully saturated rings. The van der Waals surface area contributed by atoms with Gasteiger partial charge in [-0.25, -0.2) is 0 Å². The number of nitrogens with one attached hydrogen (secondary N) is 2. The van der Waals surface area contributed by atoms with Crippen LogP contribution in [0.3, 0.4) is 0 Å². The zero-order valence-electron chi connectivity index (χ0n) is 7.84. The van der Waals surface area contributed by atoms with Crippen molar-refractivity contribution in [1.29, 1.82) is 5.26 Å². The Morgan fingerprint density at radius 1 is 1.85 bits per heavy atom. The molecule has 1 aliphatic heterocycles. The molecule has 72 valence electrons. The molecule has 1 aliphatic rings. The third kappa shape index (κ3) is 3.03. The minimum atomic E-state index is -0.0418. The van der Waals surface area contributed by atoms with E-state index in [1.54, 1.807) is 0 Å². The molecule has 2 atom stereocenters. The molecule has 0 aliphatic carbocycles. The predicted molar refractivity (Wildman–Crippen MR) is 48.9 cm³/mol. The number of nitrogens with zero attached hydrogens (tertiary/aromatic N) is 1. The Balaban J connectivity index is 2.28. The Kier molecular flexibility index (Phi) is 3.71. The molecule has 13 heavy (non-hydrogen) atoms. The molecule has 0 aromatic carbocycles. The molecule has 0 aromatic heterocycles. The van der Waals surface area contributed by atoms with Gasteiger partial charge < -0.3 is 10.6 Å². The minimum absolute atomic E-state index is 0.0280. The van der Waals surface area contributed by atoms with Crippen LogP contribution in [0.15, 0.2) is 0 Å². The summed E-state index contributed by atoms with van der Waals surface area (Å²) in [6.07, 6.45) is 2.34. The van der Waals surface area contributed by atoms with E-state index in [1.807, 2.05) is 13.0 Å². The van der Waals surface area contributed by atoms with Crippen molar-refractivity contribution in [2.24, 2.45) is 0 Å². The van der Waals surface area contributed by atoms with E-state index in [1.165, 1.54) is 0 Å². The highest BCUT2D eigenvalue weighted by molar-refractivity contribution is 5.82. The monoisotopic (exact) mass is 181 g/mol. The number of amides is 1. The standard InChI is InChI=1S/C9H15N3O/c1-7(4-5-10)12-9(13)8-3-2-6-11-8/h7-8,11H,2-4,6H2,1H3,(H,12,13)/t7?,8-/m1/s1. The zero-order valence-corrected chi connectivity index (χ0v) is 7.84. The topological polar surface area (TPSA) is 64.9 Å². The molecule has 1 amide bonds. The van der Waals surface area contributed by atoms with E-state index in [4.69, 9.17) is 5.26 Å². The summed E-state index contributed by atoms with van der Waals surface area (Å²) in [6.45, 7) is 2.76. The summed E-state index contributed by atoms with van der Waals surface area (Å²) in [5, 5.41) is 14.3. The number of carbonyl (C=O) groups is 1. The molecular formula is C9H15N3O. The molecular weight excluding hydrogens is 166 g/mol. The van der Waals surface area contributed by atoms with E-state index in [0.29, 0.717) is 6.42 Å². The Morgan fingerprint density at radius 2 is 2.62 bits per heavy atom. The smallest absolute Gasteiger partial charge is 0.237 e. The van der Waals surface area contributed by atoms with Crippen LogP contribution >= 0.6 is 0 Å². The molecule has 1 unspecified atom stereocenters. The largest absolute Gasteiger partial charge is 0.351 e. The Morgan fingerprint density at radius 3 is 3.15 bits per heavy atom. The fourth-order valence-corrected chi connectivity index (χ4v) is 1.44. The fraction of sp³-hybridized carbons (Fsp3) is 0.778. The highest BCUT2D eigenvalue weighted by Gasteiger charge is 2.22. The first-order valence-electron chi connectivity index (χ1n) is 4.64. The van der Waals surface area contributed by atoms with Gasteiger partial charge in [0.2, 0.25) is 5.91 Å². The summed E-state index contributed by atoms with van der Waals surface area (Å²) >= 11 is 0. The quantitative estimate of drug-likeness (QED) is 0.651. The third-order valence-corrected chi connectivity index (χ3v) is 2.16. The van der Waals surface area contributed by atoms with Crippen LogP contribution in [0.1, 0.15) is 26.2 Å². The molecule has 4 heteroatoms. The Bertz CT molecular complexity index is 215. The molecule has 0 radical (unpaired) electrons. The van der Waals surface area contributed by atoms with Gasteiger partial charge in [-0.2, -0.15) is 5.26 Å². The van der Waals surface area contributed by atoms with Crippen LogP contribution in [0, 0.1) is 11.3 Å². The highest BCUT2D eigenvalue weighted by Crippen LogP contribution is 2.05. The van der Waals surface area contributed by atoms with Crippen LogP contribution in [0.2, 0.25) is 0 Å². The van der Waals surface area contributed by atoms with Crippen molar-refractivity contribution in [1.82, 2.24) is 10.6 Å². The van der Waals surface area contributed by atoms with E-state index in [-0.39, 0.29) is 18.0 Å². The maximum absolute atomic E-state index is 11.4. The first kappa shape index (κ1) is 10.0. The minimum Gasteiger partial charge on any atom is -0.351 e. The summed E-state index contributed by atoms with van der Waals surface area (Å²) in [4.78, 5) is 11.4. The summed E-state index contributed by atoms with van der Waals surface area (Å²) in [6, 6.07) is 1.95. The van der Waals surface area contributed by atoms with E-state index in [0.717, 1.165) is 19.4 Å². The predicted octanol–water partition coefficient (Wildman–Crippen LogP) is 0.157. The van der Waals surface area contributed by atoms with Gasteiger partial charge >= 0.3 is 0 Å². The van der Waals surface area contributed by atoms with Gasteiger partial charge in [-0.15, -0.1) is 0 Å². The first-order valence-corrected chi connectivity index (χ1v) is 4.64. The number of hydrogen-bond donors (Lipinski definition) is 2. The molecule has 1 saturated heterocycles. The van der Waals surface area contributed by atoms with Gasteiger partial charge in [0.15, 0.2) is 0 Å². The summed E-state index contributed by atoms with van der Waals surface area (Å²) in [5.74, 6) is 0.0280. The second-order valence-corrected chi connectivity index (χ2v) is 3.42. The van der Waals surface area contributed by atoms with Crippen molar-refractivity contribution in [2.75, 3.05) is 6.54 Å². The third-order valence-electron chi connectivity index (χ3n) is 2.16. The van der Waals surface area contributed by atoms with Crippen LogP contribution in [0.4, 0.5) is 0 Å². The van der Waals surface area contributed by atoms with Crippen molar-refractivity contribution >= 4 is 5.91 Å². The lowest BCUT2D eigenvalue weighted by Crippen LogP contribution is -2.44. The number of rotatable bonds is 3. The fourth-order valence-electron chi connectivity index (χ4n) is 1.44. The second-order valence-electron chi connectivity index (χ2n) is 3.42.